The Labute approximate surface area is 389 Å². The van der Waals surface area contributed by atoms with Gasteiger partial charge in [0.2, 0.25) is 0 Å². The number of ether oxygens (including phenoxy) is 4. The molecule has 0 bridgehead atoms. The number of fused-ring (bicyclic) bond motifs is 2. The fourth-order valence-electron chi connectivity index (χ4n) is 6.60. The predicted molar refractivity (Wildman–Crippen MR) is 245 cm³/mol. The molecule has 360 valence electrons. The van der Waals surface area contributed by atoms with E-state index < -0.39 is 43.6 Å². The number of aromatic hydroxyl groups is 2. The van der Waals surface area contributed by atoms with Gasteiger partial charge in [-0.3, -0.25) is 20.6 Å². The molecule has 0 aliphatic heterocycles. The number of aliphatic hydroxyl groups is 4. The molecule has 4 heterocycles. The van der Waals surface area contributed by atoms with Crippen LogP contribution in [0.25, 0.3) is 44.8 Å². The summed E-state index contributed by atoms with van der Waals surface area (Å²) >= 11 is 0. The lowest BCUT2D eigenvalue weighted by molar-refractivity contribution is 0.0499. The number of urea groups is 2. The first-order valence-electron chi connectivity index (χ1n) is 21.4. The monoisotopic (exact) mass is 940 g/mol. The number of pyridine rings is 2. The van der Waals surface area contributed by atoms with E-state index in [1.165, 1.54) is 36.2 Å². The SMILES string of the molecule is COc1cc(-c2cnc3ccc(NC(=O)N(CCCCOC(=O)OCCCCN(CC(O)CO)C(=O)Nc4ccc5ncc(-c6ccc(O)c(OC)c6)nc5n4)CC(O)CO)nc3n2)ccc1O. The summed E-state index contributed by atoms with van der Waals surface area (Å²) in [5, 5.41) is 64.5. The second-order valence-electron chi connectivity index (χ2n) is 15.1. The van der Waals surface area contributed by atoms with E-state index in [4.69, 9.17) is 18.9 Å². The molecule has 0 saturated carbocycles. The summed E-state index contributed by atoms with van der Waals surface area (Å²) in [4.78, 5) is 68.3. The average molecular weight is 941 g/mol. The van der Waals surface area contributed by atoms with Crippen molar-refractivity contribution >= 4 is 52.2 Å². The van der Waals surface area contributed by atoms with Gasteiger partial charge in [-0.1, -0.05) is 0 Å². The molecule has 23 nitrogen and oxygen atoms in total. The molecule has 2 unspecified atom stereocenters. The molecular formula is C45H52N10O13. The van der Waals surface area contributed by atoms with Crippen LogP contribution in [0.5, 0.6) is 23.0 Å². The number of benzene rings is 2. The average Bonchev–Trinajstić information content (AvgIpc) is 3.34. The van der Waals surface area contributed by atoms with Crippen LogP contribution in [-0.4, -0.2) is 168 Å². The van der Waals surface area contributed by atoms with Crippen LogP contribution in [-0.2, 0) is 9.47 Å². The number of hydrogen-bond donors (Lipinski definition) is 8. The van der Waals surface area contributed by atoms with Crippen molar-refractivity contribution in [3.05, 3.63) is 73.1 Å². The Morgan fingerprint density at radius 2 is 1.03 bits per heavy atom. The van der Waals surface area contributed by atoms with Gasteiger partial charge in [-0.15, -0.1) is 0 Å². The fraction of sp³-hybridized carbons (Fsp3) is 0.356. The summed E-state index contributed by atoms with van der Waals surface area (Å²) in [6, 6.07) is 14.6. The van der Waals surface area contributed by atoms with E-state index in [-0.39, 0.29) is 85.3 Å². The van der Waals surface area contributed by atoms with Crippen molar-refractivity contribution in [2.24, 2.45) is 0 Å². The molecule has 8 N–H and O–H groups in total. The highest BCUT2D eigenvalue weighted by Crippen LogP contribution is 2.32. The third-order valence-corrected chi connectivity index (χ3v) is 10.2. The van der Waals surface area contributed by atoms with Gasteiger partial charge in [0, 0.05) is 24.2 Å². The highest BCUT2D eigenvalue weighted by Gasteiger charge is 2.21. The Morgan fingerprint density at radius 1 is 0.603 bits per heavy atom. The van der Waals surface area contributed by atoms with Crippen LogP contribution in [0.15, 0.2) is 73.1 Å². The number of phenols is 2. The number of amides is 4. The Bertz CT molecular complexity index is 2500. The van der Waals surface area contributed by atoms with Crippen molar-refractivity contribution in [3.63, 3.8) is 0 Å². The maximum Gasteiger partial charge on any atom is 0.508 e. The quantitative estimate of drug-likeness (QED) is 0.0353. The molecule has 0 saturated heterocycles. The number of carbonyl (C=O) groups excluding carboxylic acids is 3. The number of carbonyl (C=O) groups is 3. The molecule has 68 heavy (non-hydrogen) atoms. The van der Waals surface area contributed by atoms with Gasteiger partial charge in [0.25, 0.3) is 0 Å². The summed E-state index contributed by atoms with van der Waals surface area (Å²) in [5.41, 5.74) is 3.53. The van der Waals surface area contributed by atoms with Crippen LogP contribution in [0.2, 0.25) is 0 Å². The Kier molecular flexibility index (Phi) is 17.7. The molecule has 6 rings (SSSR count). The number of methoxy groups -OCH3 is 2. The second-order valence-corrected chi connectivity index (χ2v) is 15.1. The van der Waals surface area contributed by atoms with E-state index in [9.17, 15) is 45.0 Å². The number of aromatic nitrogens is 6. The number of unbranched alkanes of at least 4 members (excludes halogenated alkanes) is 2. The molecule has 0 aliphatic rings. The number of anilines is 2. The smallest absolute Gasteiger partial charge is 0.504 e. The minimum Gasteiger partial charge on any atom is -0.504 e. The maximum absolute atomic E-state index is 13.3. The van der Waals surface area contributed by atoms with E-state index >= 15 is 0 Å². The number of nitrogens with one attached hydrogen (secondary N) is 2. The van der Waals surface area contributed by atoms with Gasteiger partial charge in [-0.05, 0) is 86.3 Å². The molecule has 0 aliphatic carbocycles. The number of rotatable bonds is 22. The Hall–Kier alpha value is -7.73. The van der Waals surface area contributed by atoms with Crippen LogP contribution in [0.1, 0.15) is 25.7 Å². The van der Waals surface area contributed by atoms with Gasteiger partial charge < -0.3 is 59.4 Å². The molecule has 0 radical (unpaired) electrons. The minimum atomic E-state index is -1.22. The molecule has 2 atom stereocenters. The van der Waals surface area contributed by atoms with Gasteiger partial charge in [0.15, 0.2) is 34.3 Å². The van der Waals surface area contributed by atoms with Crippen molar-refractivity contribution in [3.8, 4) is 45.5 Å². The summed E-state index contributed by atoms with van der Waals surface area (Å²) in [5.74, 6) is 0.757. The van der Waals surface area contributed by atoms with Crippen molar-refractivity contribution in [1.82, 2.24) is 39.7 Å². The van der Waals surface area contributed by atoms with E-state index in [0.29, 0.717) is 59.2 Å². The number of aliphatic hydroxyl groups excluding tert-OH is 4. The summed E-state index contributed by atoms with van der Waals surface area (Å²) in [7, 11) is 2.86. The van der Waals surface area contributed by atoms with Crippen molar-refractivity contribution in [1.29, 1.82) is 0 Å². The normalized spacial score (nSPS) is 12.0. The molecule has 4 amide bonds. The molecule has 6 aromatic rings. The largest absolute Gasteiger partial charge is 0.508 e. The standard InChI is InChI=1S/C45H52N10O13/c1-65-37-19-27(7-11-35(37)60)33-21-46-31-9-13-39(50-41(31)48-33)52-43(62)54(23-29(58)25-56)15-3-5-17-67-45(64)68-18-6-4-16-55(24-30(59)26-57)44(63)53-40-14-10-32-42(51-40)49-34(22-47-32)28-8-12-36(61)38(20-28)66-2/h7-14,19-22,29-30,56-61H,3-6,15-18,23-26H2,1-2H3,(H,48,50,52,62)(H,49,51,53,63). The van der Waals surface area contributed by atoms with Gasteiger partial charge in [-0.2, -0.15) is 0 Å². The van der Waals surface area contributed by atoms with Crippen molar-refractivity contribution < 1.29 is 64.0 Å². The zero-order chi connectivity index (χ0) is 48.6. The van der Waals surface area contributed by atoms with Crippen LogP contribution in [0.3, 0.4) is 0 Å². The predicted octanol–water partition coefficient (Wildman–Crippen LogP) is 3.91. The highest BCUT2D eigenvalue weighted by molar-refractivity contribution is 5.90. The van der Waals surface area contributed by atoms with Crippen LogP contribution >= 0.6 is 0 Å². The Morgan fingerprint density at radius 3 is 1.43 bits per heavy atom. The first-order valence-corrected chi connectivity index (χ1v) is 21.4. The lowest BCUT2D eigenvalue weighted by Gasteiger charge is -2.25. The van der Waals surface area contributed by atoms with E-state index in [0.717, 1.165) is 0 Å². The molecule has 0 spiro atoms. The third kappa shape index (κ3) is 13.7. The van der Waals surface area contributed by atoms with Crippen LogP contribution in [0.4, 0.5) is 26.0 Å². The van der Waals surface area contributed by atoms with Crippen molar-refractivity contribution in [2.45, 2.75) is 37.9 Å². The van der Waals surface area contributed by atoms with E-state index in [2.05, 4.69) is 40.5 Å². The number of nitrogens with zero attached hydrogens (tertiary/aromatic N) is 8. The summed E-state index contributed by atoms with van der Waals surface area (Å²) in [6.45, 7) is -1.37. The zero-order valence-electron chi connectivity index (χ0n) is 37.2. The number of phenolic OH excluding ortho intramolecular Hbond substituents is 2. The van der Waals surface area contributed by atoms with Gasteiger partial charge >= 0.3 is 18.2 Å². The van der Waals surface area contributed by atoms with Gasteiger partial charge in [-0.25, -0.2) is 34.3 Å². The first-order chi connectivity index (χ1) is 32.9. The third-order valence-electron chi connectivity index (χ3n) is 10.2. The van der Waals surface area contributed by atoms with Gasteiger partial charge in [0.05, 0.1) is 89.7 Å². The molecular weight excluding hydrogens is 889 g/mol. The molecule has 4 aromatic heterocycles. The lowest BCUT2D eigenvalue weighted by Crippen LogP contribution is -2.42. The summed E-state index contributed by atoms with van der Waals surface area (Å²) < 4.78 is 20.7. The fourth-order valence-corrected chi connectivity index (χ4v) is 6.60. The zero-order valence-corrected chi connectivity index (χ0v) is 37.2. The van der Waals surface area contributed by atoms with Crippen LogP contribution < -0.4 is 20.1 Å². The van der Waals surface area contributed by atoms with Gasteiger partial charge in [0.1, 0.15) is 22.7 Å². The minimum absolute atomic E-state index is 0.0343. The van der Waals surface area contributed by atoms with Crippen LogP contribution in [0, 0.1) is 0 Å². The maximum atomic E-state index is 13.3. The summed E-state index contributed by atoms with van der Waals surface area (Å²) in [6.07, 6.45) is 1.09. The molecule has 23 heteroatoms. The second kappa shape index (κ2) is 24.2. The van der Waals surface area contributed by atoms with E-state index in [1.807, 2.05) is 0 Å². The lowest BCUT2D eigenvalue weighted by atomic mass is 10.1. The number of hydrogen-bond acceptors (Lipinski definition) is 19. The molecule has 0 fully saturated rings. The van der Waals surface area contributed by atoms with Crippen molar-refractivity contribution in [2.75, 3.05) is 77.5 Å². The Balaban J connectivity index is 0.934. The topological polar surface area (TPSA) is 317 Å². The first kappa shape index (κ1) is 49.7. The van der Waals surface area contributed by atoms with E-state index in [1.54, 1.807) is 60.9 Å². The molecule has 2 aromatic carbocycles. The highest BCUT2D eigenvalue weighted by atomic mass is 16.7.